The Morgan fingerprint density at radius 3 is 2.53 bits per heavy atom. The molecule has 0 radical (unpaired) electrons. The van der Waals surface area contributed by atoms with Gasteiger partial charge in [-0.2, -0.15) is 13.2 Å². The minimum Gasteiger partial charge on any atom is -0.392 e. The van der Waals surface area contributed by atoms with Gasteiger partial charge in [0.15, 0.2) is 0 Å². The summed E-state index contributed by atoms with van der Waals surface area (Å²) in [5, 5.41) is 8.88. The van der Waals surface area contributed by atoms with E-state index in [9.17, 15) is 13.2 Å². The van der Waals surface area contributed by atoms with Gasteiger partial charge in [0.25, 0.3) is 0 Å². The molecule has 0 saturated carbocycles. The average molecular weight is 245 g/mol. The predicted molar refractivity (Wildman–Crippen MR) is 60.8 cm³/mol. The normalized spacial score (nSPS) is 11.4. The van der Waals surface area contributed by atoms with Crippen molar-refractivity contribution < 1.29 is 18.3 Å². The topological polar surface area (TPSA) is 23.5 Å². The molecular weight excluding hydrogens is 231 g/mol. The first-order chi connectivity index (χ1) is 7.90. The molecule has 1 aromatic rings. The Labute approximate surface area is 98.0 Å². The second-order valence-corrected chi connectivity index (χ2v) is 3.67. The lowest BCUT2D eigenvalue weighted by molar-refractivity contribution is -0.138. The van der Waals surface area contributed by atoms with E-state index in [0.717, 1.165) is 6.07 Å². The fraction of sp³-hybridized carbons (Fsp3) is 0.333. The summed E-state index contributed by atoms with van der Waals surface area (Å²) in [4.78, 5) is 1.64. The summed E-state index contributed by atoms with van der Waals surface area (Å²) in [5.41, 5.74) is -0.476. The standard InChI is InChI=1S/C12H14F3NO/c1-3-6-16(2)10-5-4-9(8-17)11(7-10)12(13,14)15/h3-5,7,17H,1,6,8H2,2H3. The molecule has 17 heavy (non-hydrogen) atoms. The van der Waals surface area contributed by atoms with Gasteiger partial charge in [-0.25, -0.2) is 0 Å². The number of hydrogen-bond acceptors (Lipinski definition) is 2. The van der Waals surface area contributed by atoms with Crippen LogP contribution >= 0.6 is 0 Å². The first-order valence-corrected chi connectivity index (χ1v) is 5.03. The first kappa shape index (κ1) is 13.6. The molecule has 0 aliphatic rings. The minimum atomic E-state index is -4.46. The highest BCUT2D eigenvalue weighted by molar-refractivity contribution is 5.51. The summed E-state index contributed by atoms with van der Waals surface area (Å²) in [6.45, 7) is 3.36. The predicted octanol–water partition coefficient (Wildman–Crippen LogP) is 2.82. The molecule has 5 heteroatoms. The van der Waals surface area contributed by atoms with Crippen molar-refractivity contribution in [3.63, 3.8) is 0 Å². The number of rotatable bonds is 4. The van der Waals surface area contributed by atoms with Crippen molar-refractivity contribution in [3.05, 3.63) is 42.0 Å². The van der Waals surface area contributed by atoms with E-state index in [-0.39, 0.29) is 5.56 Å². The molecule has 0 aliphatic heterocycles. The third kappa shape index (κ3) is 3.23. The van der Waals surface area contributed by atoms with Gasteiger partial charge in [0, 0.05) is 19.3 Å². The number of hydrogen-bond donors (Lipinski definition) is 1. The average Bonchev–Trinajstić information content (AvgIpc) is 2.27. The molecule has 1 rings (SSSR count). The lowest BCUT2D eigenvalue weighted by atomic mass is 10.1. The fourth-order valence-electron chi connectivity index (χ4n) is 1.50. The third-order valence-electron chi connectivity index (χ3n) is 2.41. The maximum Gasteiger partial charge on any atom is 0.416 e. The van der Waals surface area contributed by atoms with Crippen LogP contribution in [0.4, 0.5) is 18.9 Å². The van der Waals surface area contributed by atoms with Gasteiger partial charge in [0.1, 0.15) is 0 Å². The number of aliphatic hydroxyl groups excluding tert-OH is 1. The van der Waals surface area contributed by atoms with Crippen molar-refractivity contribution in [1.29, 1.82) is 0 Å². The monoisotopic (exact) mass is 245 g/mol. The zero-order valence-corrected chi connectivity index (χ0v) is 9.46. The van der Waals surface area contributed by atoms with Crippen molar-refractivity contribution in [2.75, 3.05) is 18.5 Å². The van der Waals surface area contributed by atoms with Crippen LogP contribution in [-0.4, -0.2) is 18.7 Å². The number of alkyl halides is 3. The van der Waals surface area contributed by atoms with E-state index in [4.69, 9.17) is 5.11 Å². The summed E-state index contributed by atoms with van der Waals surface area (Å²) >= 11 is 0. The molecule has 0 fully saturated rings. The van der Waals surface area contributed by atoms with Crippen LogP contribution in [0.1, 0.15) is 11.1 Å². The van der Waals surface area contributed by atoms with Crippen LogP contribution in [0, 0.1) is 0 Å². The van der Waals surface area contributed by atoms with Gasteiger partial charge >= 0.3 is 6.18 Å². The summed E-state index contributed by atoms with van der Waals surface area (Å²) in [6, 6.07) is 3.87. The van der Waals surface area contributed by atoms with Crippen LogP contribution < -0.4 is 4.90 Å². The summed E-state index contributed by atoms with van der Waals surface area (Å²) < 4.78 is 38.1. The molecule has 0 heterocycles. The van der Waals surface area contributed by atoms with Crippen LogP contribution in [0.3, 0.4) is 0 Å². The number of halogens is 3. The van der Waals surface area contributed by atoms with E-state index in [2.05, 4.69) is 6.58 Å². The molecule has 0 bridgehead atoms. The third-order valence-corrected chi connectivity index (χ3v) is 2.41. The van der Waals surface area contributed by atoms with Gasteiger partial charge in [-0.3, -0.25) is 0 Å². The minimum absolute atomic E-state index is 0.117. The van der Waals surface area contributed by atoms with Crippen LogP contribution in [0.2, 0.25) is 0 Å². The number of nitrogens with zero attached hydrogens (tertiary/aromatic N) is 1. The second kappa shape index (κ2) is 5.23. The quantitative estimate of drug-likeness (QED) is 0.824. The molecule has 94 valence electrons. The second-order valence-electron chi connectivity index (χ2n) is 3.67. The molecule has 0 saturated heterocycles. The molecule has 0 unspecified atom stereocenters. The lowest BCUT2D eigenvalue weighted by Gasteiger charge is -2.20. The van der Waals surface area contributed by atoms with E-state index >= 15 is 0 Å². The van der Waals surface area contributed by atoms with Crippen LogP contribution in [-0.2, 0) is 12.8 Å². The Hall–Kier alpha value is -1.49. The van der Waals surface area contributed by atoms with E-state index in [1.54, 1.807) is 24.1 Å². The van der Waals surface area contributed by atoms with Crippen molar-refractivity contribution in [2.24, 2.45) is 0 Å². The number of anilines is 1. The molecule has 1 N–H and O–H groups in total. The summed E-state index contributed by atoms with van der Waals surface area (Å²) in [6.07, 6.45) is -2.85. The zero-order chi connectivity index (χ0) is 13.1. The zero-order valence-electron chi connectivity index (χ0n) is 9.46. The van der Waals surface area contributed by atoms with Gasteiger partial charge in [0.2, 0.25) is 0 Å². The van der Waals surface area contributed by atoms with Crippen LogP contribution in [0.15, 0.2) is 30.9 Å². The maximum atomic E-state index is 12.7. The van der Waals surface area contributed by atoms with Gasteiger partial charge in [-0.1, -0.05) is 12.1 Å². The SMILES string of the molecule is C=CCN(C)c1ccc(CO)c(C(F)(F)F)c1. The van der Waals surface area contributed by atoms with E-state index in [1.807, 2.05) is 0 Å². The molecule has 0 aromatic heterocycles. The molecule has 0 amide bonds. The van der Waals surface area contributed by atoms with Crippen molar-refractivity contribution >= 4 is 5.69 Å². The number of likely N-dealkylation sites (N-methyl/N-ethyl adjacent to an activating group) is 1. The Morgan fingerprint density at radius 2 is 2.06 bits per heavy atom. The maximum absolute atomic E-state index is 12.7. The number of benzene rings is 1. The van der Waals surface area contributed by atoms with Crippen LogP contribution in [0.25, 0.3) is 0 Å². The van der Waals surface area contributed by atoms with Gasteiger partial charge in [-0.05, 0) is 17.7 Å². The molecule has 0 spiro atoms. The number of aliphatic hydroxyl groups is 1. The molecule has 1 aromatic carbocycles. The van der Waals surface area contributed by atoms with Gasteiger partial charge in [-0.15, -0.1) is 6.58 Å². The van der Waals surface area contributed by atoms with Crippen molar-refractivity contribution in [2.45, 2.75) is 12.8 Å². The highest BCUT2D eigenvalue weighted by Crippen LogP contribution is 2.34. The molecule has 0 atom stereocenters. The Kier molecular flexibility index (Phi) is 4.17. The molecule has 0 aliphatic carbocycles. The largest absolute Gasteiger partial charge is 0.416 e. The smallest absolute Gasteiger partial charge is 0.392 e. The van der Waals surface area contributed by atoms with Crippen molar-refractivity contribution in [3.8, 4) is 0 Å². The van der Waals surface area contributed by atoms with Crippen molar-refractivity contribution in [1.82, 2.24) is 0 Å². The van der Waals surface area contributed by atoms with Gasteiger partial charge in [0.05, 0.1) is 12.2 Å². The first-order valence-electron chi connectivity index (χ1n) is 5.03. The Bertz CT molecular complexity index is 401. The van der Waals surface area contributed by atoms with E-state index < -0.39 is 18.3 Å². The lowest BCUT2D eigenvalue weighted by Crippen LogP contribution is -2.18. The highest BCUT2D eigenvalue weighted by Gasteiger charge is 2.33. The van der Waals surface area contributed by atoms with E-state index in [1.165, 1.54) is 6.07 Å². The summed E-state index contributed by atoms with van der Waals surface area (Å²) in [7, 11) is 1.68. The Balaban J connectivity index is 3.17. The summed E-state index contributed by atoms with van der Waals surface area (Å²) in [5.74, 6) is 0. The van der Waals surface area contributed by atoms with Gasteiger partial charge < -0.3 is 10.0 Å². The molecule has 2 nitrogen and oxygen atoms in total. The highest BCUT2D eigenvalue weighted by atomic mass is 19.4. The van der Waals surface area contributed by atoms with E-state index in [0.29, 0.717) is 12.2 Å². The molecular formula is C12H14F3NO. The Morgan fingerprint density at radius 1 is 1.41 bits per heavy atom. The fourth-order valence-corrected chi connectivity index (χ4v) is 1.50. The van der Waals surface area contributed by atoms with Crippen LogP contribution in [0.5, 0.6) is 0 Å².